The smallest absolute Gasteiger partial charge is 0.269 e. The predicted octanol–water partition coefficient (Wildman–Crippen LogP) is 1.23. The Kier molecular flexibility index (Phi) is 6.34. The second-order valence-corrected chi connectivity index (χ2v) is 7.83. The first-order chi connectivity index (χ1) is 11.9. The van der Waals surface area contributed by atoms with Gasteiger partial charge in [0, 0.05) is 51.2 Å². The van der Waals surface area contributed by atoms with Crippen LogP contribution < -0.4 is 5.32 Å². The molecule has 1 aromatic carbocycles. The van der Waals surface area contributed by atoms with Gasteiger partial charge in [0.2, 0.25) is 10.0 Å². The van der Waals surface area contributed by atoms with Gasteiger partial charge in [0.15, 0.2) is 0 Å². The van der Waals surface area contributed by atoms with Gasteiger partial charge in [-0.2, -0.15) is 4.31 Å². The third kappa shape index (κ3) is 4.21. The van der Waals surface area contributed by atoms with Crippen LogP contribution in [0.1, 0.15) is 17.4 Å². The molecule has 1 unspecified atom stereocenters. The van der Waals surface area contributed by atoms with E-state index in [9.17, 15) is 18.5 Å². The van der Waals surface area contributed by atoms with Gasteiger partial charge >= 0.3 is 0 Å². The molecule has 1 atom stereocenters. The van der Waals surface area contributed by atoms with Gasteiger partial charge in [-0.15, -0.1) is 12.4 Å². The Morgan fingerprint density at radius 2 is 2.19 bits per heavy atom. The molecule has 0 radical (unpaired) electrons. The van der Waals surface area contributed by atoms with E-state index in [1.807, 2.05) is 7.05 Å². The zero-order chi connectivity index (χ0) is 18.0. The highest BCUT2D eigenvalue weighted by molar-refractivity contribution is 7.88. The van der Waals surface area contributed by atoms with Crippen LogP contribution in [0.5, 0.6) is 0 Å². The number of sulfonamides is 1. The summed E-state index contributed by atoms with van der Waals surface area (Å²) >= 11 is 0. The average Bonchev–Trinajstić information content (AvgIpc) is 3.00. The summed E-state index contributed by atoms with van der Waals surface area (Å²) in [7, 11) is -1.83. The Bertz CT molecular complexity index is 886. The van der Waals surface area contributed by atoms with Crippen molar-refractivity contribution in [1.82, 2.24) is 19.2 Å². The van der Waals surface area contributed by atoms with Crippen LogP contribution in [0.15, 0.2) is 36.7 Å². The average molecular weight is 402 g/mol. The van der Waals surface area contributed by atoms with Gasteiger partial charge in [0.1, 0.15) is 5.82 Å². The van der Waals surface area contributed by atoms with Crippen molar-refractivity contribution in [2.75, 3.05) is 19.6 Å². The van der Waals surface area contributed by atoms with E-state index in [0.717, 1.165) is 0 Å². The maximum absolute atomic E-state index is 12.9. The van der Waals surface area contributed by atoms with Gasteiger partial charge in [-0.05, 0) is 5.56 Å². The molecular formula is C15H20ClN5O4S. The quantitative estimate of drug-likeness (QED) is 0.595. The van der Waals surface area contributed by atoms with Crippen LogP contribution in [0.2, 0.25) is 0 Å². The first-order valence-electron chi connectivity index (χ1n) is 7.79. The van der Waals surface area contributed by atoms with Crippen molar-refractivity contribution in [1.29, 1.82) is 0 Å². The second-order valence-electron chi connectivity index (χ2n) is 5.91. The minimum atomic E-state index is -3.65. The van der Waals surface area contributed by atoms with Crippen LogP contribution in [-0.4, -0.2) is 46.8 Å². The number of nitro groups is 1. The Hall–Kier alpha value is -2.01. The maximum atomic E-state index is 12.9. The summed E-state index contributed by atoms with van der Waals surface area (Å²) in [5.74, 6) is 0.380. The Morgan fingerprint density at radius 3 is 2.85 bits per heavy atom. The highest BCUT2D eigenvalue weighted by Crippen LogP contribution is 2.26. The van der Waals surface area contributed by atoms with E-state index in [4.69, 9.17) is 0 Å². The summed E-state index contributed by atoms with van der Waals surface area (Å²) in [6.07, 6.45) is 3.41. The van der Waals surface area contributed by atoms with E-state index in [0.29, 0.717) is 31.0 Å². The highest BCUT2D eigenvalue weighted by Gasteiger charge is 2.35. The minimum absolute atomic E-state index is 0. The van der Waals surface area contributed by atoms with Gasteiger partial charge in [0.25, 0.3) is 5.69 Å². The fourth-order valence-corrected chi connectivity index (χ4v) is 4.68. The molecule has 1 fully saturated rings. The predicted molar refractivity (Wildman–Crippen MR) is 98.5 cm³/mol. The molecule has 26 heavy (non-hydrogen) atoms. The lowest BCUT2D eigenvalue weighted by molar-refractivity contribution is -0.384. The fraction of sp³-hybridized carbons (Fsp3) is 0.400. The molecule has 1 N–H and O–H groups in total. The topological polar surface area (TPSA) is 110 Å². The van der Waals surface area contributed by atoms with Crippen LogP contribution in [0.4, 0.5) is 5.69 Å². The summed E-state index contributed by atoms with van der Waals surface area (Å²) < 4.78 is 29.1. The lowest BCUT2D eigenvalue weighted by atomic mass is 10.2. The Morgan fingerprint density at radius 1 is 1.42 bits per heavy atom. The number of nitro benzene ring substituents is 1. The number of rotatable bonds is 5. The number of nitrogens with one attached hydrogen (secondary N) is 1. The summed E-state index contributed by atoms with van der Waals surface area (Å²) in [5.41, 5.74) is 0.278. The van der Waals surface area contributed by atoms with E-state index < -0.39 is 21.0 Å². The van der Waals surface area contributed by atoms with Crippen molar-refractivity contribution in [2.45, 2.75) is 11.8 Å². The third-order valence-corrected chi connectivity index (χ3v) is 6.03. The molecule has 9 nitrogen and oxygen atoms in total. The van der Waals surface area contributed by atoms with Crippen molar-refractivity contribution in [3.8, 4) is 0 Å². The van der Waals surface area contributed by atoms with Crippen LogP contribution >= 0.6 is 12.4 Å². The normalized spacial score (nSPS) is 18.3. The summed E-state index contributed by atoms with van der Waals surface area (Å²) in [6, 6.07) is 5.32. The van der Waals surface area contributed by atoms with E-state index in [-0.39, 0.29) is 23.8 Å². The molecule has 1 aliphatic rings. The second kappa shape index (κ2) is 8.12. The summed E-state index contributed by atoms with van der Waals surface area (Å²) in [5, 5.41) is 14.1. The molecule has 0 aliphatic carbocycles. The van der Waals surface area contributed by atoms with Crippen molar-refractivity contribution >= 4 is 28.1 Å². The Balaban J connectivity index is 0.00000243. The molecular weight excluding hydrogens is 382 g/mol. The third-order valence-electron chi connectivity index (χ3n) is 4.18. The van der Waals surface area contributed by atoms with Crippen LogP contribution in [0.3, 0.4) is 0 Å². The fourth-order valence-electron chi connectivity index (χ4n) is 2.99. The standard InChI is InChI=1S/C15H19N5O4S.ClH/c1-18-7-6-17-15(18)14-10-16-5-8-19(14)25(23,24)11-12-3-2-4-13(9-12)20(21)22;/h2-4,6-7,9,14,16H,5,8,10-11H2,1H3;1H. The first-order valence-corrected chi connectivity index (χ1v) is 9.40. The van der Waals surface area contributed by atoms with E-state index in [1.165, 1.54) is 22.5 Å². The number of piperazine rings is 1. The molecule has 1 aromatic heterocycles. The van der Waals surface area contributed by atoms with Crippen molar-refractivity contribution in [2.24, 2.45) is 7.05 Å². The van der Waals surface area contributed by atoms with E-state index >= 15 is 0 Å². The number of benzene rings is 1. The molecule has 1 aliphatic heterocycles. The van der Waals surface area contributed by atoms with Crippen LogP contribution in [-0.2, 0) is 22.8 Å². The number of hydrogen-bond acceptors (Lipinski definition) is 6. The molecule has 0 bridgehead atoms. The SMILES string of the molecule is Cl.Cn1ccnc1C1CNCCN1S(=O)(=O)Cc1cccc([N+](=O)[O-])c1. The lowest BCUT2D eigenvalue weighted by Crippen LogP contribution is -2.49. The van der Waals surface area contributed by atoms with Crippen molar-refractivity contribution < 1.29 is 13.3 Å². The molecule has 0 saturated carbocycles. The summed E-state index contributed by atoms with van der Waals surface area (Å²) in [4.78, 5) is 14.6. The van der Waals surface area contributed by atoms with Gasteiger partial charge in [-0.1, -0.05) is 12.1 Å². The molecule has 3 rings (SSSR count). The zero-order valence-electron chi connectivity index (χ0n) is 14.1. The highest BCUT2D eigenvalue weighted by atomic mass is 35.5. The van der Waals surface area contributed by atoms with Crippen LogP contribution in [0, 0.1) is 10.1 Å². The van der Waals surface area contributed by atoms with Gasteiger partial charge in [0.05, 0.1) is 16.7 Å². The van der Waals surface area contributed by atoms with Gasteiger partial charge < -0.3 is 9.88 Å². The molecule has 11 heteroatoms. The number of imidazole rings is 1. The van der Waals surface area contributed by atoms with E-state index in [2.05, 4.69) is 10.3 Å². The number of nitrogens with zero attached hydrogens (tertiary/aromatic N) is 4. The zero-order valence-corrected chi connectivity index (χ0v) is 15.7. The van der Waals surface area contributed by atoms with Crippen molar-refractivity contribution in [3.05, 3.63) is 58.2 Å². The van der Waals surface area contributed by atoms with Gasteiger partial charge in [-0.3, -0.25) is 10.1 Å². The minimum Gasteiger partial charge on any atom is -0.337 e. The number of non-ortho nitro benzene ring substituents is 1. The first kappa shape index (κ1) is 20.3. The molecule has 2 heterocycles. The number of aryl methyl sites for hydroxylation is 1. The van der Waals surface area contributed by atoms with Crippen LogP contribution in [0.25, 0.3) is 0 Å². The number of hydrogen-bond donors (Lipinski definition) is 1. The molecule has 142 valence electrons. The Labute approximate surface area is 157 Å². The van der Waals surface area contributed by atoms with E-state index in [1.54, 1.807) is 23.0 Å². The molecule has 2 aromatic rings. The molecule has 0 spiro atoms. The molecule has 1 saturated heterocycles. The monoisotopic (exact) mass is 401 g/mol. The summed E-state index contributed by atoms with van der Waals surface area (Å²) in [6.45, 7) is 1.35. The maximum Gasteiger partial charge on any atom is 0.269 e. The number of halogens is 1. The lowest BCUT2D eigenvalue weighted by Gasteiger charge is -2.34. The number of aromatic nitrogens is 2. The van der Waals surface area contributed by atoms with Crippen molar-refractivity contribution in [3.63, 3.8) is 0 Å². The largest absolute Gasteiger partial charge is 0.337 e. The molecule has 0 amide bonds. The van der Waals surface area contributed by atoms with Gasteiger partial charge in [-0.25, -0.2) is 13.4 Å².